The molecule has 1 aromatic carbocycles. The van der Waals surface area contributed by atoms with Gasteiger partial charge < -0.3 is 15.2 Å². The van der Waals surface area contributed by atoms with E-state index in [0.717, 1.165) is 4.47 Å². The molecule has 0 aliphatic rings. The molecule has 1 heterocycles. The number of aromatic nitrogens is 2. The van der Waals surface area contributed by atoms with Gasteiger partial charge >= 0.3 is 5.97 Å². The molecule has 1 amide bonds. The summed E-state index contributed by atoms with van der Waals surface area (Å²) in [6, 6.07) is 8.28. The Morgan fingerprint density at radius 3 is 2.85 bits per heavy atom. The van der Waals surface area contributed by atoms with E-state index >= 15 is 0 Å². The first-order chi connectivity index (χ1) is 9.54. The van der Waals surface area contributed by atoms with Crippen LogP contribution in [-0.2, 0) is 4.79 Å². The standard InChI is InChI=1S/C12H10BrN3O4/c13-7-2-1-3-8(4-7)20-6-11(17)14-10-5-9(12(18)19)15-16-10/h1-5H,6H2,(H,18,19)(H2,14,15,16,17). The third-order valence-corrected chi connectivity index (χ3v) is 2.74. The minimum Gasteiger partial charge on any atom is -0.484 e. The number of nitrogens with zero attached hydrogens (tertiary/aromatic N) is 1. The van der Waals surface area contributed by atoms with Gasteiger partial charge in [-0.2, -0.15) is 5.10 Å². The van der Waals surface area contributed by atoms with Crippen LogP contribution in [0.2, 0.25) is 0 Å². The van der Waals surface area contributed by atoms with Crippen LogP contribution in [0.4, 0.5) is 5.82 Å². The molecule has 20 heavy (non-hydrogen) atoms. The van der Waals surface area contributed by atoms with E-state index < -0.39 is 11.9 Å². The van der Waals surface area contributed by atoms with E-state index in [0.29, 0.717) is 5.75 Å². The van der Waals surface area contributed by atoms with Gasteiger partial charge in [-0.15, -0.1) is 0 Å². The van der Waals surface area contributed by atoms with Crippen LogP contribution in [0.15, 0.2) is 34.8 Å². The molecule has 0 aliphatic heterocycles. The lowest BCUT2D eigenvalue weighted by atomic mass is 10.3. The fourth-order valence-corrected chi connectivity index (χ4v) is 1.76. The second-order valence-corrected chi connectivity index (χ2v) is 4.68. The number of amides is 1. The Hall–Kier alpha value is -2.35. The van der Waals surface area contributed by atoms with Gasteiger partial charge in [0.05, 0.1) is 0 Å². The van der Waals surface area contributed by atoms with Crippen molar-refractivity contribution in [2.24, 2.45) is 0 Å². The van der Waals surface area contributed by atoms with E-state index in [9.17, 15) is 9.59 Å². The molecule has 0 saturated carbocycles. The Morgan fingerprint density at radius 2 is 2.20 bits per heavy atom. The van der Waals surface area contributed by atoms with Gasteiger partial charge in [0.2, 0.25) is 0 Å². The first-order valence-corrected chi connectivity index (χ1v) is 6.31. The zero-order valence-electron chi connectivity index (χ0n) is 10.1. The molecular weight excluding hydrogens is 330 g/mol. The summed E-state index contributed by atoms with van der Waals surface area (Å²) in [4.78, 5) is 22.2. The number of hydrogen-bond donors (Lipinski definition) is 3. The van der Waals surface area contributed by atoms with Crippen molar-refractivity contribution in [3.8, 4) is 5.75 Å². The maximum Gasteiger partial charge on any atom is 0.353 e. The van der Waals surface area contributed by atoms with Gasteiger partial charge in [0.25, 0.3) is 5.91 Å². The van der Waals surface area contributed by atoms with Gasteiger partial charge in [-0.05, 0) is 18.2 Å². The summed E-state index contributed by atoms with van der Waals surface area (Å²) in [5, 5.41) is 17.0. The topological polar surface area (TPSA) is 104 Å². The fraction of sp³-hybridized carbons (Fsp3) is 0.0833. The Bertz CT molecular complexity index is 641. The zero-order valence-corrected chi connectivity index (χ0v) is 11.7. The summed E-state index contributed by atoms with van der Waals surface area (Å²) in [6.07, 6.45) is 0. The summed E-state index contributed by atoms with van der Waals surface area (Å²) < 4.78 is 6.12. The van der Waals surface area contributed by atoms with E-state index in [1.807, 2.05) is 6.07 Å². The number of aromatic carboxylic acids is 1. The minimum atomic E-state index is -1.15. The maximum atomic E-state index is 11.6. The molecule has 2 aromatic rings. The van der Waals surface area contributed by atoms with Gasteiger partial charge in [0, 0.05) is 10.5 Å². The van der Waals surface area contributed by atoms with Crippen LogP contribution >= 0.6 is 15.9 Å². The van der Waals surface area contributed by atoms with Crippen LogP contribution in [0.5, 0.6) is 5.75 Å². The van der Waals surface area contributed by atoms with Crippen molar-refractivity contribution in [2.75, 3.05) is 11.9 Å². The highest BCUT2D eigenvalue weighted by molar-refractivity contribution is 9.10. The van der Waals surface area contributed by atoms with Gasteiger partial charge in [-0.1, -0.05) is 22.0 Å². The highest BCUT2D eigenvalue weighted by Crippen LogP contribution is 2.17. The predicted octanol–water partition coefficient (Wildman–Crippen LogP) is 1.89. The highest BCUT2D eigenvalue weighted by atomic mass is 79.9. The van der Waals surface area contributed by atoms with E-state index in [1.165, 1.54) is 6.07 Å². The van der Waals surface area contributed by atoms with Crippen molar-refractivity contribution >= 4 is 33.6 Å². The monoisotopic (exact) mass is 339 g/mol. The average molecular weight is 340 g/mol. The first kappa shape index (κ1) is 14.1. The number of carboxylic acids is 1. The quantitative estimate of drug-likeness (QED) is 0.771. The van der Waals surface area contributed by atoms with Gasteiger partial charge in [-0.25, -0.2) is 4.79 Å². The maximum absolute atomic E-state index is 11.6. The molecule has 3 N–H and O–H groups in total. The largest absolute Gasteiger partial charge is 0.484 e. The second-order valence-electron chi connectivity index (χ2n) is 3.77. The number of aromatic amines is 1. The number of nitrogens with one attached hydrogen (secondary N) is 2. The summed E-state index contributed by atoms with van der Waals surface area (Å²) in [6.45, 7) is -0.203. The van der Waals surface area contributed by atoms with Gasteiger partial charge in [0.15, 0.2) is 12.4 Å². The lowest BCUT2D eigenvalue weighted by molar-refractivity contribution is -0.118. The van der Waals surface area contributed by atoms with E-state index in [1.54, 1.807) is 18.2 Å². The Morgan fingerprint density at radius 1 is 1.40 bits per heavy atom. The highest BCUT2D eigenvalue weighted by Gasteiger charge is 2.10. The normalized spacial score (nSPS) is 10.1. The molecule has 0 radical (unpaired) electrons. The number of halogens is 1. The first-order valence-electron chi connectivity index (χ1n) is 5.51. The van der Waals surface area contributed by atoms with E-state index in [4.69, 9.17) is 9.84 Å². The number of benzene rings is 1. The van der Waals surface area contributed by atoms with Crippen molar-refractivity contribution in [3.63, 3.8) is 0 Å². The Balaban J connectivity index is 1.87. The second kappa shape index (κ2) is 6.20. The zero-order chi connectivity index (χ0) is 14.5. The molecule has 0 aliphatic carbocycles. The van der Waals surface area contributed by atoms with Crippen LogP contribution in [0.3, 0.4) is 0 Å². The number of H-pyrrole nitrogens is 1. The molecule has 0 fully saturated rings. The number of carboxylic acid groups (broad SMARTS) is 1. The number of rotatable bonds is 5. The van der Waals surface area contributed by atoms with Crippen molar-refractivity contribution in [1.29, 1.82) is 0 Å². The number of hydrogen-bond acceptors (Lipinski definition) is 4. The van der Waals surface area contributed by atoms with Crippen LogP contribution in [0.1, 0.15) is 10.5 Å². The van der Waals surface area contributed by atoms with Crippen molar-refractivity contribution in [3.05, 3.63) is 40.5 Å². The summed E-state index contributed by atoms with van der Waals surface area (Å²) >= 11 is 3.29. The van der Waals surface area contributed by atoms with Crippen molar-refractivity contribution in [1.82, 2.24) is 10.2 Å². The fourth-order valence-electron chi connectivity index (χ4n) is 1.38. The predicted molar refractivity (Wildman–Crippen MR) is 73.8 cm³/mol. The number of ether oxygens (including phenoxy) is 1. The Labute approximate surface area is 122 Å². The number of carbonyl (C=O) groups excluding carboxylic acids is 1. The van der Waals surface area contributed by atoms with Gasteiger partial charge in [-0.3, -0.25) is 9.89 Å². The van der Waals surface area contributed by atoms with Crippen LogP contribution in [0.25, 0.3) is 0 Å². The molecule has 0 saturated heterocycles. The molecule has 1 aromatic heterocycles. The number of anilines is 1. The summed E-state index contributed by atoms with van der Waals surface area (Å²) in [5.74, 6) is -0.912. The van der Waals surface area contributed by atoms with Crippen LogP contribution < -0.4 is 10.1 Å². The molecular formula is C12H10BrN3O4. The smallest absolute Gasteiger partial charge is 0.353 e. The Kier molecular flexibility index (Phi) is 4.36. The van der Waals surface area contributed by atoms with Crippen LogP contribution in [-0.4, -0.2) is 33.8 Å². The third-order valence-electron chi connectivity index (χ3n) is 2.24. The van der Waals surface area contributed by atoms with Crippen LogP contribution in [0, 0.1) is 0 Å². The van der Waals surface area contributed by atoms with Gasteiger partial charge in [0.1, 0.15) is 11.4 Å². The summed E-state index contributed by atoms with van der Waals surface area (Å²) in [7, 11) is 0. The SMILES string of the molecule is O=C(COc1cccc(Br)c1)Nc1cc(C(=O)O)[nH]n1. The molecule has 0 bridgehead atoms. The van der Waals surface area contributed by atoms with E-state index in [-0.39, 0.29) is 18.1 Å². The molecule has 104 valence electrons. The average Bonchev–Trinajstić information content (AvgIpc) is 2.85. The summed E-state index contributed by atoms with van der Waals surface area (Å²) in [5.41, 5.74) is -0.104. The minimum absolute atomic E-state index is 0.104. The lowest BCUT2D eigenvalue weighted by Crippen LogP contribution is -2.20. The molecule has 0 atom stereocenters. The lowest BCUT2D eigenvalue weighted by Gasteiger charge is -2.05. The van der Waals surface area contributed by atoms with E-state index in [2.05, 4.69) is 31.4 Å². The third kappa shape index (κ3) is 3.82. The molecule has 0 spiro atoms. The van der Waals surface area contributed by atoms with Crippen molar-refractivity contribution in [2.45, 2.75) is 0 Å². The molecule has 0 unspecified atom stereocenters. The molecule has 8 heteroatoms. The number of carbonyl (C=O) groups is 2. The molecule has 7 nitrogen and oxygen atoms in total. The van der Waals surface area contributed by atoms with Crippen molar-refractivity contribution < 1.29 is 19.4 Å². The molecule has 2 rings (SSSR count).